The maximum absolute atomic E-state index is 14.4. The molecule has 0 spiro atoms. The van der Waals surface area contributed by atoms with Crippen LogP contribution in [0.2, 0.25) is 0 Å². The highest BCUT2D eigenvalue weighted by atomic mass is 32.2. The van der Waals surface area contributed by atoms with Gasteiger partial charge < -0.3 is 0 Å². The van der Waals surface area contributed by atoms with Crippen LogP contribution in [0.25, 0.3) is 58.5 Å². The molecule has 0 saturated carbocycles. The number of rotatable bonds is 6. The van der Waals surface area contributed by atoms with Crippen LogP contribution < -0.4 is 0 Å². The average molecular weight is 1530 g/mol. The van der Waals surface area contributed by atoms with Crippen molar-refractivity contribution in [3.05, 3.63) is 242 Å². The summed E-state index contributed by atoms with van der Waals surface area (Å²) in [5.41, 5.74) is 3.18. The smallest absolute Gasteiger partial charge is 0.205 e. The van der Waals surface area contributed by atoms with E-state index in [-0.39, 0.29) is 151 Å². The molecule has 14 nitrogen and oxygen atoms in total. The molecule has 14 heterocycles. The van der Waals surface area contributed by atoms with E-state index < -0.39 is 34.7 Å². The molecule has 14 aromatic rings. The first-order valence-electron chi connectivity index (χ1n) is 28.8. The van der Waals surface area contributed by atoms with Crippen molar-refractivity contribution < 1.29 is 67.1 Å². The Labute approximate surface area is 600 Å². The van der Waals surface area contributed by atoms with Gasteiger partial charge in [-0.1, -0.05) is 0 Å². The molecule has 0 saturated heterocycles. The van der Waals surface area contributed by atoms with Crippen LogP contribution >= 0.6 is 159 Å². The van der Waals surface area contributed by atoms with Gasteiger partial charge in [-0.15, -0.1) is 159 Å². The Morgan fingerprint density at radius 3 is 0.388 bits per heavy atom. The lowest BCUT2D eigenvalue weighted by molar-refractivity contribution is 0.0986. The summed E-state index contributed by atoms with van der Waals surface area (Å²) in [6.07, 6.45) is 0. The Balaban J connectivity index is 0.508. The van der Waals surface area contributed by atoms with Crippen LogP contribution in [0.5, 0.6) is 0 Å². The molecule has 7 aliphatic carbocycles. The Morgan fingerprint density at radius 2 is 0.255 bits per heavy atom. The van der Waals surface area contributed by atoms with Crippen molar-refractivity contribution in [1.29, 1.82) is 0 Å². The van der Waals surface area contributed by atoms with Crippen LogP contribution in [-0.2, 0) is 0 Å². The fourth-order valence-electron chi connectivity index (χ4n) is 13.2. The lowest BCUT2D eigenvalue weighted by Crippen LogP contribution is -2.15. The minimum atomic E-state index is -0.406. The lowest BCUT2D eigenvalue weighted by atomic mass is 9.94. The van der Waals surface area contributed by atoms with E-state index in [2.05, 4.69) is 0 Å². The molecule has 0 bridgehead atoms. The summed E-state index contributed by atoms with van der Waals surface area (Å²) >= 11 is 15.6. The lowest BCUT2D eigenvalue weighted by Gasteiger charge is -2.08. The zero-order valence-electron chi connectivity index (χ0n) is 47.7. The van der Waals surface area contributed by atoms with Crippen molar-refractivity contribution in [1.82, 2.24) is 0 Å². The summed E-state index contributed by atoms with van der Waals surface area (Å²) in [4.78, 5) is 206. The molecule has 0 fully saturated rings. The van der Waals surface area contributed by atoms with Gasteiger partial charge in [-0.25, -0.2) is 0 Å². The van der Waals surface area contributed by atoms with Gasteiger partial charge in [-0.3, -0.25) is 67.1 Å². The third-order valence-corrected chi connectivity index (χ3v) is 34.5. The van der Waals surface area contributed by atoms with Crippen LogP contribution in [0.1, 0.15) is 213 Å². The van der Waals surface area contributed by atoms with E-state index in [0.29, 0.717) is 100 Å². The van der Waals surface area contributed by atoms with Gasteiger partial charge in [0.1, 0.15) is 0 Å². The highest BCUT2D eigenvalue weighted by molar-refractivity contribution is 7.30. The molecule has 0 aliphatic heterocycles. The van der Waals surface area contributed by atoms with Gasteiger partial charge in [0, 0.05) is 136 Å². The second-order valence-electron chi connectivity index (χ2n) is 23.2. The van der Waals surface area contributed by atoms with E-state index in [1.54, 1.807) is 95.7 Å². The van der Waals surface area contributed by atoms with E-state index in [9.17, 15) is 67.1 Å². The SMILES string of the molecule is O=C1c2cc(-c3cc4c(s3)C(=O)c3cc(-c5cc6c(s5)C(=O)c5cc(-c7cc8c(s7)C(=O)c7cc(-c9cc%10c(s9)C(=O)c9cc(-c%11cc%12c(s%11)C(=O)c%11cc(-c%13cc%14c(s%13)C(=O)c%13ccsc%13C%14=O)sc%11C%12=O)sc9C%10=O)sc7C8=O)sc5C6=O)sc3C4=O)sc2C(=O)c2ccsc21. The van der Waals surface area contributed by atoms with E-state index >= 15 is 0 Å². The molecule has 98 heavy (non-hydrogen) atoms. The van der Waals surface area contributed by atoms with Gasteiger partial charge in [0.05, 0.1) is 68.3 Å². The molecule has 0 N–H and O–H groups in total. The van der Waals surface area contributed by atoms with Gasteiger partial charge in [0.2, 0.25) is 81.0 Å². The number of hydrogen-bond acceptors (Lipinski definition) is 28. The van der Waals surface area contributed by atoms with Crippen LogP contribution in [0.15, 0.2) is 95.7 Å². The minimum absolute atomic E-state index is 0.162. The Kier molecular flexibility index (Phi) is 11.9. The van der Waals surface area contributed by atoms with Gasteiger partial charge in [-0.2, -0.15) is 0 Å². The summed E-state index contributed by atoms with van der Waals surface area (Å²) in [7, 11) is 0. The number of thiophene rings is 14. The zero-order valence-corrected chi connectivity index (χ0v) is 59.1. The third kappa shape index (κ3) is 7.64. The molecular formula is C70H16O14S14. The summed E-state index contributed by atoms with van der Waals surface area (Å²) in [6, 6.07) is 22.7. The predicted molar refractivity (Wildman–Crippen MR) is 382 cm³/mol. The average Bonchev–Trinajstić information content (AvgIpc) is 1.61. The van der Waals surface area contributed by atoms with Crippen LogP contribution in [0.3, 0.4) is 0 Å². The number of fused-ring (bicyclic) bond motifs is 14. The molecule has 0 radical (unpaired) electrons. The Morgan fingerprint density at radius 1 is 0.143 bits per heavy atom. The zero-order chi connectivity index (χ0) is 66.4. The van der Waals surface area contributed by atoms with E-state index in [1.807, 2.05) is 0 Å². The number of ketones is 14. The topological polar surface area (TPSA) is 239 Å². The predicted octanol–water partition coefficient (Wildman–Crippen LogP) is 18.0. The van der Waals surface area contributed by atoms with E-state index in [4.69, 9.17) is 0 Å². The molecule has 0 amide bonds. The monoisotopic (exact) mass is 1530 g/mol. The van der Waals surface area contributed by atoms with E-state index in [1.165, 1.54) is 22.7 Å². The van der Waals surface area contributed by atoms with Crippen molar-refractivity contribution in [3.8, 4) is 58.5 Å². The van der Waals surface area contributed by atoms with Gasteiger partial charge in [0.25, 0.3) is 0 Å². The van der Waals surface area contributed by atoms with Crippen molar-refractivity contribution in [3.63, 3.8) is 0 Å². The summed E-state index contributed by atoms with van der Waals surface area (Å²) in [5.74, 6) is -4.79. The van der Waals surface area contributed by atoms with Crippen molar-refractivity contribution in [2.75, 3.05) is 0 Å². The summed E-state index contributed by atoms with van der Waals surface area (Å²) in [5, 5.41) is 3.42. The highest BCUT2D eigenvalue weighted by Gasteiger charge is 2.44. The maximum atomic E-state index is 14.4. The highest BCUT2D eigenvalue weighted by Crippen LogP contribution is 2.54. The fraction of sp³-hybridized carbons (Fsp3) is 0. The quantitative estimate of drug-likeness (QED) is 0.150. The maximum Gasteiger partial charge on any atom is 0.205 e. The largest absolute Gasteiger partial charge is 0.288 e. The number of carbonyl (C=O) groups is 14. The molecular weight excluding hydrogens is 1510 g/mol. The molecule has 0 unspecified atom stereocenters. The first-order chi connectivity index (χ1) is 47.3. The third-order valence-electron chi connectivity index (χ3n) is 17.9. The molecule has 21 rings (SSSR count). The minimum Gasteiger partial charge on any atom is -0.288 e. The first-order valence-corrected chi connectivity index (χ1v) is 40.4. The summed E-state index contributed by atoms with van der Waals surface area (Å²) in [6.45, 7) is 0. The van der Waals surface area contributed by atoms with Gasteiger partial charge >= 0.3 is 0 Å². The molecule has 464 valence electrons. The van der Waals surface area contributed by atoms with Crippen LogP contribution in [0.4, 0.5) is 0 Å². The van der Waals surface area contributed by atoms with Crippen LogP contribution in [0, 0.1) is 0 Å². The molecule has 28 heteroatoms. The fourth-order valence-corrected chi connectivity index (χ4v) is 28.7. The first kappa shape index (κ1) is 58.2. The van der Waals surface area contributed by atoms with Gasteiger partial charge in [-0.05, 0) is 95.7 Å². The number of carbonyl (C=O) groups excluding carboxylic acids is 14. The number of hydrogen-bond donors (Lipinski definition) is 0. The normalized spacial score (nSPS) is 15.2. The van der Waals surface area contributed by atoms with Crippen molar-refractivity contribution >= 4 is 240 Å². The molecule has 0 aromatic carbocycles. The second kappa shape index (κ2) is 20.0. The molecule has 7 aliphatic rings. The Bertz CT molecular complexity index is 5770. The second-order valence-corrected chi connectivity index (χ2v) is 37.6. The molecule has 14 aromatic heterocycles. The van der Waals surface area contributed by atoms with Crippen molar-refractivity contribution in [2.24, 2.45) is 0 Å². The molecule has 0 atom stereocenters. The standard InChI is InChI=1S/C70H16O14S14/c71-43-17-1-3-85-57(17)45(73)19-5-31(87-59(19)43)33-7-21-47(75)63-23(49(77)61(21)89-33)9-35(91-63)37-11-25-51(79)67-27(53(81)65(25)93-37)13-39(95-67)41-15-29-55(83)70-30(56(84)69(29)97-41)16-42(98-70)40-14-28-54(82)66-26(52(80)68(28)96-40)12-38(94-66)36-10-24-50(78)62-22(48(76)64(24)92-36)8-34(90-62)32-6-20-46(74)58-18(2-4-86-58)44(72)60(20)88-32/h1-16H. The van der Waals surface area contributed by atoms with Gasteiger partial charge in [0.15, 0.2) is 0 Å². The van der Waals surface area contributed by atoms with Crippen LogP contribution in [-0.4, -0.2) is 81.0 Å². The Hall–Kier alpha value is -8.82. The van der Waals surface area contributed by atoms with E-state index in [0.717, 1.165) is 136 Å². The summed E-state index contributed by atoms with van der Waals surface area (Å²) < 4.78 is 0. The van der Waals surface area contributed by atoms with Crippen molar-refractivity contribution in [2.45, 2.75) is 0 Å².